The predicted octanol–water partition coefficient (Wildman–Crippen LogP) is 5.25. The molecule has 4 aromatic carbocycles. The number of amides is 1. The van der Waals surface area contributed by atoms with Gasteiger partial charge < -0.3 is 10.1 Å². The van der Waals surface area contributed by atoms with Gasteiger partial charge in [0.1, 0.15) is 5.75 Å². The largest absolute Gasteiger partial charge is 0.495 e. The highest BCUT2D eigenvalue weighted by atomic mass is 16.5. The number of para-hydroxylation sites is 2. The molecule has 3 nitrogen and oxygen atoms in total. The summed E-state index contributed by atoms with van der Waals surface area (Å²) in [6.45, 7) is 0. The van der Waals surface area contributed by atoms with Gasteiger partial charge in [0, 0.05) is 0 Å². The number of benzene rings is 4. The van der Waals surface area contributed by atoms with Gasteiger partial charge in [-0.1, -0.05) is 60.7 Å². The van der Waals surface area contributed by atoms with Gasteiger partial charge in [0.15, 0.2) is 0 Å². The standard InChI is InChI=1S/C22H17NO2/c1-25-20-13-7-6-12-19(20)23-22(24)21-17-10-4-2-8-15(17)14-16-9-3-5-11-18(16)21/h2-14H,1H3,(H,23,24). The van der Waals surface area contributed by atoms with Crippen LogP contribution in [0.5, 0.6) is 5.75 Å². The zero-order valence-corrected chi connectivity index (χ0v) is 13.8. The first-order valence-electron chi connectivity index (χ1n) is 8.13. The van der Waals surface area contributed by atoms with Gasteiger partial charge in [-0.25, -0.2) is 0 Å². The summed E-state index contributed by atoms with van der Waals surface area (Å²) in [5.41, 5.74) is 1.34. The smallest absolute Gasteiger partial charge is 0.257 e. The molecule has 0 heterocycles. The van der Waals surface area contributed by atoms with Crippen molar-refractivity contribution in [3.8, 4) is 5.75 Å². The van der Waals surface area contributed by atoms with Crippen molar-refractivity contribution in [1.82, 2.24) is 0 Å². The van der Waals surface area contributed by atoms with Crippen LogP contribution in [0.2, 0.25) is 0 Å². The average molecular weight is 327 g/mol. The van der Waals surface area contributed by atoms with Crippen LogP contribution in [0.25, 0.3) is 21.5 Å². The van der Waals surface area contributed by atoms with E-state index in [0.29, 0.717) is 17.0 Å². The summed E-state index contributed by atoms with van der Waals surface area (Å²) in [5, 5.41) is 6.97. The van der Waals surface area contributed by atoms with Crippen LogP contribution in [0.1, 0.15) is 10.4 Å². The minimum Gasteiger partial charge on any atom is -0.495 e. The summed E-state index contributed by atoms with van der Waals surface area (Å²) in [7, 11) is 1.60. The van der Waals surface area contributed by atoms with Gasteiger partial charge >= 0.3 is 0 Å². The summed E-state index contributed by atoms with van der Waals surface area (Å²) >= 11 is 0. The molecule has 1 N–H and O–H groups in total. The molecular weight excluding hydrogens is 310 g/mol. The van der Waals surface area contributed by atoms with E-state index in [2.05, 4.69) is 11.4 Å². The Labute approximate surface area is 145 Å². The van der Waals surface area contributed by atoms with E-state index < -0.39 is 0 Å². The monoisotopic (exact) mass is 327 g/mol. The highest BCUT2D eigenvalue weighted by Gasteiger charge is 2.16. The van der Waals surface area contributed by atoms with E-state index in [4.69, 9.17) is 4.74 Å². The lowest BCUT2D eigenvalue weighted by molar-refractivity contribution is 0.102. The Morgan fingerprint density at radius 2 is 1.36 bits per heavy atom. The number of methoxy groups -OCH3 is 1. The molecule has 4 rings (SSSR count). The Morgan fingerprint density at radius 1 is 0.800 bits per heavy atom. The molecular formula is C22H17NO2. The van der Waals surface area contributed by atoms with E-state index in [1.807, 2.05) is 72.8 Å². The number of hydrogen-bond acceptors (Lipinski definition) is 2. The van der Waals surface area contributed by atoms with E-state index >= 15 is 0 Å². The van der Waals surface area contributed by atoms with Gasteiger partial charge in [-0.3, -0.25) is 4.79 Å². The highest BCUT2D eigenvalue weighted by molar-refractivity contribution is 6.22. The molecule has 0 fully saturated rings. The van der Waals surface area contributed by atoms with Gasteiger partial charge in [-0.05, 0) is 39.7 Å². The molecule has 0 aliphatic rings. The lowest BCUT2D eigenvalue weighted by atomic mass is 9.96. The van der Waals surface area contributed by atoms with Crippen molar-refractivity contribution < 1.29 is 9.53 Å². The second kappa shape index (κ2) is 6.29. The van der Waals surface area contributed by atoms with Crippen LogP contribution in [0.4, 0.5) is 5.69 Å². The fraction of sp³-hybridized carbons (Fsp3) is 0.0455. The molecule has 0 radical (unpaired) electrons. The third-order valence-corrected chi connectivity index (χ3v) is 4.35. The van der Waals surface area contributed by atoms with Crippen molar-refractivity contribution in [1.29, 1.82) is 0 Å². The Kier molecular flexibility index (Phi) is 3.82. The molecule has 1 amide bonds. The molecule has 25 heavy (non-hydrogen) atoms. The zero-order chi connectivity index (χ0) is 17.2. The first-order chi connectivity index (χ1) is 12.3. The van der Waals surface area contributed by atoms with Gasteiger partial charge in [-0.15, -0.1) is 0 Å². The first kappa shape index (κ1) is 15.2. The fourth-order valence-electron chi connectivity index (χ4n) is 3.19. The highest BCUT2D eigenvalue weighted by Crippen LogP contribution is 2.30. The van der Waals surface area contributed by atoms with Crippen LogP contribution < -0.4 is 10.1 Å². The summed E-state index contributed by atoms with van der Waals surface area (Å²) in [5.74, 6) is 0.498. The van der Waals surface area contributed by atoms with Crippen molar-refractivity contribution in [2.24, 2.45) is 0 Å². The van der Waals surface area contributed by atoms with E-state index in [1.54, 1.807) is 7.11 Å². The summed E-state index contributed by atoms with van der Waals surface area (Å²) in [4.78, 5) is 13.1. The predicted molar refractivity (Wildman–Crippen MR) is 102 cm³/mol. The number of hydrogen-bond donors (Lipinski definition) is 1. The van der Waals surface area contributed by atoms with Crippen molar-refractivity contribution in [2.75, 3.05) is 12.4 Å². The third-order valence-electron chi connectivity index (χ3n) is 4.35. The van der Waals surface area contributed by atoms with E-state index in [-0.39, 0.29) is 5.91 Å². The maximum absolute atomic E-state index is 13.1. The lowest BCUT2D eigenvalue weighted by Crippen LogP contribution is -2.13. The Balaban J connectivity index is 1.90. The number of rotatable bonds is 3. The second-order valence-corrected chi connectivity index (χ2v) is 5.85. The van der Waals surface area contributed by atoms with Gasteiger partial charge in [0.2, 0.25) is 0 Å². The number of ether oxygens (including phenoxy) is 1. The number of fused-ring (bicyclic) bond motifs is 2. The van der Waals surface area contributed by atoms with Crippen LogP contribution in [-0.2, 0) is 0 Å². The van der Waals surface area contributed by atoms with Crippen molar-refractivity contribution in [2.45, 2.75) is 0 Å². The lowest BCUT2D eigenvalue weighted by Gasteiger charge is -2.13. The normalized spacial score (nSPS) is 10.8. The maximum atomic E-state index is 13.1. The first-order valence-corrected chi connectivity index (χ1v) is 8.13. The topological polar surface area (TPSA) is 38.3 Å². The number of nitrogens with one attached hydrogen (secondary N) is 1. The summed E-state index contributed by atoms with van der Waals surface area (Å²) in [6, 6.07) is 25.4. The number of carbonyl (C=O) groups is 1. The molecule has 0 bridgehead atoms. The molecule has 0 aliphatic carbocycles. The Morgan fingerprint density at radius 3 is 2.00 bits per heavy atom. The molecule has 0 saturated heterocycles. The van der Waals surface area contributed by atoms with Crippen LogP contribution in [0, 0.1) is 0 Å². The molecule has 122 valence electrons. The summed E-state index contributed by atoms with van der Waals surface area (Å²) in [6.07, 6.45) is 0. The van der Waals surface area contributed by atoms with Crippen LogP contribution in [0.3, 0.4) is 0 Å². The van der Waals surface area contributed by atoms with Gasteiger partial charge in [-0.2, -0.15) is 0 Å². The average Bonchev–Trinajstić information content (AvgIpc) is 2.66. The van der Waals surface area contributed by atoms with E-state index in [9.17, 15) is 4.79 Å². The van der Waals surface area contributed by atoms with Gasteiger partial charge in [0.05, 0.1) is 18.4 Å². The van der Waals surface area contributed by atoms with E-state index in [0.717, 1.165) is 21.5 Å². The minimum atomic E-state index is -0.141. The van der Waals surface area contributed by atoms with Crippen LogP contribution >= 0.6 is 0 Å². The van der Waals surface area contributed by atoms with Crippen molar-refractivity contribution >= 4 is 33.1 Å². The molecule has 0 aromatic heterocycles. The minimum absolute atomic E-state index is 0.141. The van der Waals surface area contributed by atoms with Crippen LogP contribution in [-0.4, -0.2) is 13.0 Å². The quantitative estimate of drug-likeness (QED) is 0.522. The molecule has 0 saturated carbocycles. The van der Waals surface area contributed by atoms with Crippen LogP contribution in [0.15, 0.2) is 78.9 Å². The molecule has 4 aromatic rings. The Hall–Kier alpha value is -3.33. The Bertz CT molecular complexity index is 1030. The molecule has 3 heteroatoms. The fourth-order valence-corrected chi connectivity index (χ4v) is 3.19. The van der Waals surface area contributed by atoms with Gasteiger partial charge in [0.25, 0.3) is 5.91 Å². The number of carbonyl (C=O) groups excluding carboxylic acids is 1. The molecule has 0 atom stereocenters. The maximum Gasteiger partial charge on any atom is 0.257 e. The molecule has 0 aliphatic heterocycles. The molecule has 0 unspecified atom stereocenters. The molecule has 0 spiro atoms. The number of anilines is 1. The van der Waals surface area contributed by atoms with E-state index in [1.165, 1.54) is 0 Å². The van der Waals surface area contributed by atoms with Crippen molar-refractivity contribution in [3.05, 3.63) is 84.4 Å². The SMILES string of the molecule is COc1ccccc1NC(=O)c1c2ccccc2cc2ccccc12. The third kappa shape index (κ3) is 2.70. The summed E-state index contributed by atoms with van der Waals surface area (Å²) < 4.78 is 5.34. The van der Waals surface area contributed by atoms with Crippen molar-refractivity contribution in [3.63, 3.8) is 0 Å². The zero-order valence-electron chi connectivity index (χ0n) is 13.8. The second-order valence-electron chi connectivity index (χ2n) is 5.85.